The molecule has 0 radical (unpaired) electrons. The maximum atomic E-state index is 14.0. The minimum Gasteiger partial charge on any atom is -0.299 e. The lowest BCUT2D eigenvalue weighted by atomic mass is 9.72. The van der Waals surface area contributed by atoms with Gasteiger partial charge in [-0.25, -0.2) is 4.39 Å². The van der Waals surface area contributed by atoms with Gasteiger partial charge >= 0.3 is 0 Å². The van der Waals surface area contributed by atoms with Crippen LogP contribution in [0, 0.1) is 11.3 Å². The molecule has 0 bridgehead atoms. The van der Waals surface area contributed by atoms with Crippen LogP contribution in [0.2, 0.25) is 0 Å². The van der Waals surface area contributed by atoms with Gasteiger partial charge in [0.2, 0.25) is 0 Å². The molecule has 2 nitrogen and oxygen atoms in total. The van der Waals surface area contributed by atoms with Gasteiger partial charge in [0, 0.05) is 11.3 Å². The molecule has 0 saturated heterocycles. The van der Waals surface area contributed by atoms with E-state index in [1.807, 2.05) is 20.8 Å². The molecular weight excluding hydrogens is 207 g/mol. The number of alkyl halides is 1. The summed E-state index contributed by atoms with van der Waals surface area (Å²) in [5, 5.41) is 0. The van der Waals surface area contributed by atoms with Gasteiger partial charge < -0.3 is 0 Å². The average Bonchev–Trinajstić information content (AvgIpc) is 2.16. The van der Waals surface area contributed by atoms with E-state index in [0.29, 0.717) is 12.8 Å². The summed E-state index contributed by atoms with van der Waals surface area (Å²) >= 11 is 0. The van der Waals surface area contributed by atoms with Crippen molar-refractivity contribution in [3.8, 4) is 0 Å². The van der Waals surface area contributed by atoms with E-state index < -0.39 is 11.5 Å². The highest BCUT2D eigenvalue weighted by molar-refractivity contribution is 5.88. The van der Waals surface area contributed by atoms with Gasteiger partial charge in [-0.3, -0.25) is 9.59 Å². The van der Waals surface area contributed by atoms with Gasteiger partial charge in [-0.2, -0.15) is 0 Å². The van der Waals surface area contributed by atoms with Crippen LogP contribution < -0.4 is 0 Å². The number of rotatable bonds is 2. The molecule has 92 valence electrons. The fourth-order valence-corrected chi connectivity index (χ4v) is 2.30. The molecule has 0 aromatic heterocycles. The quantitative estimate of drug-likeness (QED) is 0.727. The smallest absolute Gasteiger partial charge is 0.168 e. The van der Waals surface area contributed by atoms with Crippen molar-refractivity contribution in [3.05, 3.63) is 0 Å². The minimum atomic E-state index is -1.67. The maximum Gasteiger partial charge on any atom is 0.168 e. The first-order chi connectivity index (χ1) is 7.17. The first kappa shape index (κ1) is 13.3. The van der Waals surface area contributed by atoms with Crippen LogP contribution in [0.15, 0.2) is 0 Å². The van der Waals surface area contributed by atoms with Crippen LogP contribution in [0.4, 0.5) is 4.39 Å². The largest absolute Gasteiger partial charge is 0.299 e. The Morgan fingerprint density at radius 2 is 1.62 bits per heavy atom. The van der Waals surface area contributed by atoms with Crippen molar-refractivity contribution in [1.82, 2.24) is 0 Å². The van der Waals surface area contributed by atoms with Gasteiger partial charge in [0.25, 0.3) is 0 Å². The van der Waals surface area contributed by atoms with Crippen molar-refractivity contribution >= 4 is 11.6 Å². The van der Waals surface area contributed by atoms with Crippen LogP contribution in [0.5, 0.6) is 0 Å². The summed E-state index contributed by atoms with van der Waals surface area (Å²) in [6.07, 6.45) is 1.42. The lowest BCUT2D eigenvalue weighted by molar-refractivity contribution is -0.137. The standard InChI is InChI=1S/C13H21FO2/c1-9(15)13(14)7-5-10(6-8-13)11(16)12(2,3)4/h10H,5-8H2,1-4H3. The Kier molecular flexibility index (Phi) is 3.56. The van der Waals surface area contributed by atoms with Crippen LogP contribution in [0.3, 0.4) is 0 Å². The van der Waals surface area contributed by atoms with E-state index in [1.165, 1.54) is 6.92 Å². The van der Waals surface area contributed by atoms with Gasteiger partial charge in [0.05, 0.1) is 0 Å². The van der Waals surface area contributed by atoms with Gasteiger partial charge in [0.1, 0.15) is 5.78 Å². The van der Waals surface area contributed by atoms with E-state index in [2.05, 4.69) is 0 Å². The molecule has 3 heteroatoms. The third-order valence-corrected chi connectivity index (χ3v) is 3.52. The fraction of sp³-hybridized carbons (Fsp3) is 0.846. The summed E-state index contributed by atoms with van der Waals surface area (Å²) in [6.45, 7) is 6.96. The number of hydrogen-bond acceptors (Lipinski definition) is 2. The monoisotopic (exact) mass is 228 g/mol. The fourth-order valence-electron chi connectivity index (χ4n) is 2.30. The summed E-state index contributed by atoms with van der Waals surface area (Å²) in [5.41, 5.74) is -2.04. The summed E-state index contributed by atoms with van der Waals surface area (Å²) in [7, 11) is 0. The topological polar surface area (TPSA) is 34.1 Å². The second-order valence-electron chi connectivity index (χ2n) is 5.91. The SMILES string of the molecule is CC(=O)C1(F)CCC(C(=O)C(C)(C)C)CC1. The van der Waals surface area contributed by atoms with E-state index in [-0.39, 0.29) is 30.0 Å². The number of Topliss-reactive ketones (excluding diaryl/α,β-unsaturated/α-hetero) is 2. The molecule has 0 heterocycles. The number of carbonyl (C=O) groups excluding carboxylic acids is 2. The van der Waals surface area contributed by atoms with Crippen LogP contribution in [0.25, 0.3) is 0 Å². The highest BCUT2D eigenvalue weighted by atomic mass is 19.1. The van der Waals surface area contributed by atoms with E-state index >= 15 is 0 Å². The van der Waals surface area contributed by atoms with Gasteiger partial charge in [-0.1, -0.05) is 20.8 Å². The molecule has 1 aliphatic rings. The Hall–Kier alpha value is -0.730. The third kappa shape index (κ3) is 2.69. The maximum absolute atomic E-state index is 14.0. The highest BCUT2D eigenvalue weighted by Gasteiger charge is 2.42. The van der Waals surface area contributed by atoms with Crippen molar-refractivity contribution in [1.29, 1.82) is 0 Å². The number of ketones is 2. The van der Waals surface area contributed by atoms with Gasteiger partial charge in [-0.05, 0) is 32.6 Å². The molecule has 1 aliphatic carbocycles. The van der Waals surface area contributed by atoms with Crippen LogP contribution in [-0.4, -0.2) is 17.2 Å². The summed E-state index contributed by atoms with van der Waals surface area (Å²) < 4.78 is 14.0. The van der Waals surface area contributed by atoms with Crippen LogP contribution in [0.1, 0.15) is 53.4 Å². The van der Waals surface area contributed by atoms with E-state index in [9.17, 15) is 14.0 Å². The predicted molar refractivity (Wildman–Crippen MR) is 60.9 cm³/mol. The molecule has 0 spiro atoms. The normalized spacial score (nSPS) is 31.2. The Morgan fingerprint density at radius 3 is 1.94 bits per heavy atom. The second-order valence-corrected chi connectivity index (χ2v) is 5.91. The zero-order valence-electron chi connectivity index (χ0n) is 10.6. The molecule has 0 amide bonds. The van der Waals surface area contributed by atoms with Crippen molar-refractivity contribution in [3.63, 3.8) is 0 Å². The van der Waals surface area contributed by atoms with Gasteiger partial charge in [-0.15, -0.1) is 0 Å². The first-order valence-corrected chi connectivity index (χ1v) is 5.91. The molecule has 0 N–H and O–H groups in total. The molecule has 1 fully saturated rings. The Labute approximate surface area is 96.6 Å². The first-order valence-electron chi connectivity index (χ1n) is 5.91. The second kappa shape index (κ2) is 4.27. The van der Waals surface area contributed by atoms with Crippen molar-refractivity contribution in [2.24, 2.45) is 11.3 Å². The molecule has 0 aromatic carbocycles. The predicted octanol–water partition coefficient (Wildman–Crippen LogP) is 3.09. The number of carbonyl (C=O) groups is 2. The van der Waals surface area contributed by atoms with E-state index in [0.717, 1.165) is 0 Å². The zero-order chi connectivity index (χ0) is 12.6. The molecule has 16 heavy (non-hydrogen) atoms. The number of hydrogen-bond donors (Lipinski definition) is 0. The lowest BCUT2D eigenvalue weighted by Gasteiger charge is -2.34. The molecular formula is C13H21FO2. The lowest BCUT2D eigenvalue weighted by Crippen LogP contribution is -2.40. The van der Waals surface area contributed by atoms with Crippen LogP contribution in [-0.2, 0) is 9.59 Å². The minimum absolute atomic E-state index is 0.0665. The molecule has 0 atom stereocenters. The molecule has 0 aromatic rings. The third-order valence-electron chi connectivity index (χ3n) is 3.52. The zero-order valence-corrected chi connectivity index (χ0v) is 10.6. The summed E-state index contributed by atoms with van der Waals surface area (Å²) in [5.74, 6) is -0.268. The Morgan fingerprint density at radius 1 is 1.19 bits per heavy atom. The van der Waals surface area contributed by atoms with Gasteiger partial charge in [0.15, 0.2) is 11.5 Å². The van der Waals surface area contributed by atoms with E-state index in [4.69, 9.17) is 0 Å². The van der Waals surface area contributed by atoms with Crippen molar-refractivity contribution < 1.29 is 14.0 Å². The van der Waals surface area contributed by atoms with Crippen LogP contribution >= 0.6 is 0 Å². The Balaban J connectivity index is 2.63. The van der Waals surface area contributed by atoms with Crippen molar-refractivity contribution in [2.45, 2.75) is 59.0 Å². The summed E-state index contributed by atoms with van der Waals surface area (Å²) in [6, 6.07) is 0. The highest BCUT2D eigenvalue weighted by Crippen LogP contribution is 2.38. The number of halogens is 1. The molecule has 0 aliphatic heterocycles. The Bertz CT molecular complexity index is 294. The van der Waals surface area contributed by atoms with Crippen molar-refractivity contribution in [2.75, 3.05) is 0 Å². The summed E-state index contributed by atoms with van der Waals surface area (Å²) in [4.78, 5) is 23.1. The molecule has 1 saturated carbocycles. The molecule has 1 rings (SSSR count). The molecule has 0 unspecified atom stereocenters. The van der Waals surface area contributed by atoms with E-state index in [1.54, 1.807) is 0 Å². The average molecular weight is 228 g/mol.